The Labute approximate surface area is 157 Å². The quantitative estimate of drug-likeness (QED) is 0.782. The molecule has 144 valence electrons. The number of nitrogens with zero attached hydrogens (tertiary/aromatic N) is 3. The van der Waals surface area contributed by atoms with Gasteiger partial charge in [0.05, 0.1) is 19.3 Å². The Bertz CT molecular complexity index is 578. The van der Waals surface area contributed by atoms with Crippen molar-refractivity contribution in [3.05, 3.63) is 24.3 Å². The lowest BCUT2D eigenvalue weighted by atomic mass is 9.89. The van der Waals surface area contributed by atoms with Crippen LogP contribution in [0.3, 0.4) is 0 Å². The molecular formula is C21H33N3O2. The normalized spacial score (nSPS) is 19.4. The van der Waals surface area contributed by atoms with Gasteiger partial charge in [-0.05, 0) is 30.9 Å². The second kappa shape index (κ2) is 9.26. The van der Waals surface area contributed by atoms with Gasteiger partial charge in [0.15, 0.2) is 0 Å². The van der Waals surface area contributed by atoms with Crippen molar-refractivity contribution in [1.82, 2.24) is 9.80 Å². The third-order valence-electron chi connectivity index (χ3n) is 5.84. The van der Waals surface area contributed by atoms with E-state index < -0.39 is 0 Å². The minimum absolute atomic E-state index is 0.265. The number of benzene rings is 1. The minimum Gasteiger partial charge on any atom is -0.495 e. The predicted molar refractivity (Wildman–Crippen MR) is 106 cm³/mol. The molecule has 1 aliphatic carbocycles. The average molecular weight is 360 g/mol. The highest BCUT2D eigenvalue weighted by molar-refractivity contribution is 5.78. The molecule has 1 saturated carbocycles. The summed E-state index contributed by atoms with van der Waals surface area (Å²) >= 11 is 0. The zero-order valence-corrected chi connectivity index (χ0v) is 16.3. The van der Waals surface area contributed by atoms with Gasteiger partial charge in [0.25, 0.3) is 0 Å². The maximum atomic E-state index is 12.6. The molecule has 5 nitrogen and oxygen atoms in total. The van der Waals surface area contributed by atoms with Crippen molar-refractivity contribution in [3.63, 3.8) is 0 Å². The van der Waals surface area contributed by atoms with Crippen molar-refractivity contribution in [2.75, 3.05) is 58.3 Å². The van der Waals surface area contributed by atoms with Gasteiger partial charge in [-0.3, -0.25) is 9.69 Å². The second-order valence-electron chi connectivity index (χ2n) is 7.71. The first kappa shape index (κ1) is 19.0. The summed E-state index contributed by atoms with van der Waals surface area (Å²) in [5.41, 5.74) is 1.15. The summed E-state index contributed by atoms with van der Waals surface area (Å²) in [6, 6.07) is 8.16. The van der Waals surface area contributed by atoms with E-state index in [0.717, 1.165) is 44.2 Å². The first-order valence-electron chi connectivity index (χ1n) is 10.0. The fourth-order valence-electron chi connectivity index (χ4n) is 4.21. The number of rotatable bonds is 6. The van der Waals surface area contributed by atoms with Crippen LogP contribution in [0.15, 0.2) is 24.3 Å². The third kappa shape index (κ3) is 4.91. The number of para-hydroxylation sites is 2. The molecule has 0 spiro atoms. The standard InChI is InChI=1S/C21H33N3O2/c1-22(16-18-8-4-3-5-9-18)21(25)17-23-12-14-24(15-13-23)19-10-6-7-11-20(19)26-2/h6-7,10-11,18H,3-5,8-9,12-17H2,1-2H3. The number of carbonyl (C=O) groups excluding carboxylic acids is 1. The monoisotopic (exact) mass is 359 g/mol. The van der Waals surface area contributed by atoms with Gasteiger partial charge in [0, 0.05) is 39.8 Å². The molecule has 0 unspecified atom stereocenters. The van der Waals surface area contributed by atoms with Gasteiger partial charge in [-0.2, -0.15) is 0 Å². The number of likely N-dealkylation sites (N-methyl/N-ethyl adjacent to an activating group) is 1. The molecule has 0 bridgehead atoms. The number of hydrogen-bond donors (Lipinski definition) is 0. The molecule has 1 aromatic carbocycles. The van der Waals surface area contributed by atoms with Crippen LogP contribution in [0.25, 0.3) is 0 Å². The van der Waals surface area contributed by atoms with Crippen molar-refractivity contribution < 1.29 is 9.53 Å². The Morgan fingerprint density at radius 2 is 1.81 bits per heavy atom. The van der Waals surface area contributed by atoms with Gasteiger partial charge in [0.2, 0.25) is 5.91 Å². The number of hydrogen-bond acceptors (Lipinski definition) is 4. The summed E-state index contributed by atoms with van der Waals surface area (Å²) in [5, 5.41) is 0. The predicted octanol–water partition coefficient (Wildman–Crippen LogP) is 2.86. The lowest BCUT2D eigenvalue weighted by molar-refractivity contribution is -0.131. The van der Waals surface area contributed by atoms with Crippen molar-refractivity contribution in [3.8, 4) is 5.75 Å². The van der Waals surface area contributed by atoms with Crippen molar-refractivity contribution in [2.24, 2.45) is 5.92 Å². The molecule has 1 heterocycles. The van der Waals surface area contributed by atoms with Crippen LogP contribution < -0.4 is 9.64 Å². The summed E-state index contributed by atoms with van der Waals surface area (Å²) in [6.45, 7) is 5.17. The third-order valence-corrected chi connectivity index (χ3v) is 5.84. The lowest BCUT2D eigenvalue weighted by Crippen LogP contribution is -2.50. The lowest BCUT2D eigenvalue weighted by Gasteiger charge is -2.37. The second-order valence-corrected chi connectivity index (χ2v) is 7.71. The van der Waals surface area contributed by atoms with Gasteiger partial charge < -0.3 is 14.5 Å². The molecule has 2 fully saturated rings. The Morgan fingerprint density at radius 3 is 2.50 bits per heavy atom. The van der Waals surface area contributed by atoms with Gasteiger partial charge in [-0.15, -0.1) is 0 Å². The summed E-state index contributed by atoms with van der Waals surface area (Å²) in [6.07, 6.45) is 6.60. The summed E-state index contributed by atoms with van der Waals surface area (Å²) in [7, 11) is 3.69. The summed E-state index contributed by atoms with van der Waals surface area (Å²) < 4.78 is 5.48. The van der Waals surface area contributed by atoms with Crippen LogP contribution in [-0.2, 0) is 4.79 Å². The van der Waals surface area contributed by atoms with E-state index in [0.29, 0.717) is 12.5 Å². The number of anilines is 1. The molecule has 1 aromatic rings. The van der Waals surface area contributed by atoms with Crippen LogP contribution in [0.4, 0.5) is 5.69 Å². The first-order chi connectivity index (χ1) is 12.7. The molecule has 2 aliphatic rings. The number of carbonyl (C=O) groups is 1. The Hall–Kier alpha value is -1.75. The molecule has 0 N–H and O–H groups in total. The summed E-state index contributed by atoms with van der Waals surface area (Å²) in [5.74, 6) is 1.89. The highest BCUT2D eigenvalue weighted by Crippen LogP contribution is 2.28. The van der Waals surface area contributed by atoms with Crippen LogP contribution in [-0.4, -0.2) is 69.1 Å². The summed E-state index contributed by atoms with van der Waals surface area (Å²) in [4.78, 5) is 19.2. The SMILES string of the molecule is COc1ccccc1N1CCN(CC(=O)N(C)CC2CCCCC2)CC1. The topological polar surface area (TPSA) is 36.0 Å². The number of piperazine rings is 1. The van der Waals surface area contributed by atoms with Crippen LogP contribution >= 0.6 is 0 Å². The van der Waals surface area contributed by atoms with E-state index in [1.54, 1.807) is 7.11 Å². The molecule has 3 rings (SSSR count). The number of amides is 1. The fourth-order valence-corrected chi connectivity index (χ4v) is 4.21. The van der Waals surface area contributed by atoms with Gasteiger partial charge in [0.1, 0.15) is 5.75 Å². The smallest absolute Gasteiger partial charge is 0.236 e. The maximum Gasteiger partial charge on any atom is 0.236 e. The van der Waals surface area contributed by atoms with Crippen molar-refractivity contribution >= 4 is 11.6 Å². The Balaban J connectivity index is 1.45. The van der Waals surface area contributed by atoms with E-state index >= 15 is 0 Å². The number of methoxy groups -OCH3 is 1. The van der Waals surface area contributed by atoms with Crippen LogP contribution in [0.5, 0.6) is 5.75 Å². The fraction of sp³-hybridized carbons (Fsp3) is 0.667. The first-order valence-corrected chi connectivity index (χ1v) is 10.0. The van der Waals surface area contributed by atoms with Crippen LogP contribution in [0.1, 0.15) is 32.1 Å². The molecule has 1 amide bonds. The van der Waals surface area contributed by atoms with Gasteiger partial charge >= 0.3 is 0 Å². The molecule has 26 heavy (non-hydrogen) atoms. The van der Waals surface area contributed by atoms with E-state index in [4.69, 9.17) is 4.74 Å². The van der Waals surface area contributed by atoms with E-state index in [1.807, 2.05) is 30.1 Å². The Kier molecular flexibility index (Phi) is 6.78. The zero-order chi connectivity index (χ0) is 18.4. The highest BCUT2D eigenvalue weighted by Gasteiger charge is 2.23. The molecule has 0 aromatic heterocycles. The van der Waals surface area contributed by atoms with E-state index in [1.165, 1.54) is 32.1 Å². The molecule has 5 heteroatoms. The van der Waals surface area contributed by atoms with Gasteiger partial charge in [-0.1, -0.05) is 31.4 Å². The van der Waals surface area contributed by atoms with E-state index in [2.05, 4.69) is 15.9 Å². The minimum atomic E-state index is 0.265. The maximum absolute atomic E-state index is 12.6. The molecule has 1 aliphatic heterocycles. The molecule has 1 saturated heterocycles. The van der Waals surface area contributed by atoms with Crippen molar-refractivity contribution in [1.29, 1.82) is 0 Å². The number of ether oxygens (including phenoxy) is 1. The van der Waals surface area contributed by atoms with E-state index in [9.17, 15) is 4.79 Å². The van der Waals surface area contributed by atoms with Crippen LogP contribution in [0.2, 0.25) is 0 Å². The van der Waals surface area contributed by atoms with Crippen molar-refractivity contribution in [2.45, 2.75) is 32.1 Å². The Morgan fingerprint density at radius 1 is 1.12 bits per heavy atom. The highest BCUT2D eigenvalue weighted by atomic mass is 16.5. The average Bonchev–Trinajstić information content (AvgIpc) is 2.69. The van der Waals surface area contributed by atoms with Crippen LogP contribution in [0, 0.1) is 5.92 Å². The zero-order valence-electron chi connectivity index (χ0n) is 16.3. The molecular weight excluding hydrogens is 326 g/mol. The largest absolute Gasteiger partial charge is 0.495 e. The van der Waals surface area contributed by atoms with E-state index in [-0.39, 0.29) is 5.91 Å². The van der Waals surface area contributed by atoms with Gasteiger partial charge in [-0.25, -0.2) is 0 Å². The molecule has 0 radical (unpaired) electrons. The molecule has 0 atom stereocenters.